The van der Waals surface area contributed by atoms with E-state index in [0.29, 0.717) is 12.1 Å². The Labute approximate surface area is 90.2 Å². The van der Waals surface area contributed by atoms with Gasteiger partial charge in [-0.3, -0.25) is 0 Å². The van der Waals surface area contributed by atoms with Crippen molar-refractivity contribution in [3.63, 3.8) is 0 Å². The molecule has 0 aliphatic carbocycles. The maximum absolute atomic E-state index is 4.29. The molecular weight excluding hydrogens is 194 g/mol. The smallest absolute Gasteiger partial charge is 0.109 e. The molecule has 0 bridgehead atoms. The lowest BCUT2D eigenvalue weighted by atomic mass is 10.2. The van der Waals surface area contributed by atoms with Gasteiger partial charge in [-0.05, 0) is 27.9 Å². The van der Waals surface area contributed by atoms with Crippen LogP contribution in [0.2, 0.25) is 0 Å². The predicted octanol–water partition coefficient (Wildman–Crippen LogP) is 1.74. The molecule has 0 saturated carbocycles. The summed E-state index contributed by atoms with van der Waals surface area (Å²) in [6, 6.07) is 0.842. The van der Waals surface area contributed by atoms with Crippen LogP contribution < -0.4 is 5.32 Å². The lowest BCUT2D eigenvalue weighted by Gasteiger charge is -2.21. The second kappa shape index (κ2) is 5.44. The molecule has 0 radical (unpaired) electrons. The minimum absolute atomic E-state index is 0.352. The van der Waals surface area contributed by atoms with E-state index in [2.05, 4.69) is 43.1 Å². The monoisotopic (exact) mass is 213 g/mol. The summed E-state index contributed by atoms with van der Waals surface area (Å²) in [6.45, 7) is 5.41. The van der Waals surface area contributed by atoms with E-state index in [-0.39, 0.29) is 0 Å². The molecule has 2 unspecified atom stereocenters. The molecule has 1 heterocycles. The molecule has 4 heteroatoms. The summed E-state index contributed by atoms with van der Waals surface area (Å²) in [5.41, 5.74) is 0. The zero-order valence-electron chi connectivity index (χ0n) is 9.32. The van der Waals surface area contributed by atoms with Crippen molar-refractivity contribution in [2.75, 3.05) is 20.6 Å². The molecule has 2 atom stereocenters. The highest BCUT2D eigenvalue weighted by molar-refractivity contribution is 7.09. The topological polar surface area (TPSA) is 28.2 Å². The van der Waals surface area contributed by atoms with Crippen LogP contribution >= 0.6 is 11.3 Å². The van der Waals surface area contributed by atoms with Crippen molar-refractivity contribution in [2.45, 2.75) is 25.9 Å². The van der Waals surface area contributed by atoms with Gasteiger partial charge in [-0.1, -0.05) is 0 Å². The number of thiazole rings is 1. The van der Waals surface area contributed by atoms with Gasteiger partial charge in [0, 0.05) is 24.2 Å². The Morgan fingerprint density at radius 1 is 1.50 bits per heavy atom. The Kier molecular flexibility index (Phi) is 4.51. The number of nitrogens with one attached hydrogen (secondary N) is 1. The van der Waals surface area contributed by atoms with Crippen LogP contribution in [-0.4, -0.2) is 36.6 Å². The summed E-state index contributed by atoms with van der Waals surface area (Å²) in [4.78, 5) is 6.48. The van der Waals surface area contributed by atoms with Gasteiger partial charge in [0.05, 0.1) is 6.04 Å². The molecule has 0 saturated heterocycles. The third kappa shape index (κ3) is 3.74. The maximum Gasteiger partial charge on any atom is 0.109 e. The Bertz CT molecular complexity index is 246. The van der Waals surface area contributed by atoms with Gasteiger partial charge >= 0.3 is 0 Å². The van der Waals surface area contributed by atoms with Crippen LogP contribution in [0.25, 0.3) is 0 Å². The van der Waals surface area contributed by atoms with Gasteiger partial charge in [0.15, 0.2) is 0 Å². The molecule has 1 N–H and O–H groups in total. The van der Waals surface area contributed by atoms with Crippen LogP contribution in [0.4, 0.5) is 0 Å². The summed E-state index contributed by atoms with van der Waals surface area (Å²) < 4.78 is 0. The average Bonchev–Trinajstić information content (AvgIpc) is 2.53. The highest BCUT2D eigenvalue weighted by atomic mass is 32.1. The zero-order valence-corrected chi connectivity index (χ0v) is 10.1. The Hall–Kier alpha value is -0.450. The SMILES string of the molecule is CC(CN(C)C)NC(C)c1nccs1. The normalized spacial score (nSPS) is 15.8. The lowest BCUT2D eigenvalue weighted by Crippen LogP contribution is -2.37. The van der Waals surface area contributed by atoms with Crippen molar-refractivity contribution in [1.82, 2.24) is 15.2 Å². The number of likely N-dealkylation sites (N-methyl/N-ethyl adjacent to an activating group) is 1. The van der Waals surface area contributed by atoms with Crippen LogP contribution in [0.5, 0.6) is 0 Å². The van der Waals surface area contributed by atoms with Gasteiger partial charge in [0.2, 0.25) is 0 Å². The molecule has 3 nitrogen and oxygen atoms in total. The highest BCUT2D eigenvalue weighted by Crippen LogP contribution is 2.15. The molecule has 0 aliphatic heterocycles. The minimum Gasteiger partial charge on any atom is -0.308 e. The quantitative estimate of drug-likeness (QED) is 0.807. The van der Waals surface area contributed by atoms with E-state index in [4.69, 9.17) is 0 Å². The highest BCUT2D eigenvalue weighted by Gasteiger charge is 2.11. The Morgan fingerprint density at radius 3 is 2.71 bits per heavy atom. The van der Waals surface area contributed by atoms with Gasteiger partial charge in [0.25, 0.3) is 0 Å². The van der Waals surface area contributed by atoms with Crippen LogP contribution in [0.1, 0.15) is 24.9 Å². The largest absolute Gasteiger partial charge is 0.308 e. The molecule has 0 aliphatic rings. The number of hydrogen-bond donors (Lipinski definition) is 1. The first kappa shape index (κ1) is 11.6. The molecule has 1 aromatic heterocycles. The molecular formula is C10H19N3S. The fraction of sp³-hybridized carbons (Fsp3) is 0.700. The Morgan fingerprint density at radius 2 is 2.21 bits per heavy atom. The number of rotatable bonds is 5. The van der Waals surface area contributed by atoms with E-state index in [1.165, 1.54) is 0 Å². The van der Waals surface area contributed by atoms with Gasteiger partial charge in [0.1, 0.15) is 5.01 Å². The third-order valence-electron chi connectivity index (χ3n) is 2.00. The Balaban J connectivity index is 2.37. The molecule has 0 fully saturated rings. The number of nitrogens with zero attached hydrogens (tertiary/aromatic N) is 2. The van der Waals surface area contributed by atoms with E-state index < -0.39 is 0 Å². The molecule has 0 amide bonds. The maximum atomic E-state index is 4.29. The number of aromatic nitrogens is 1. The van der Waals surface area contributed by atoms with Crippen molar-refractivity contribution in [2.24, 2.45) is 0 Å². The van der Waals surface area contributed by atoms with E-state index in [1.54, 1.807) is 11.3 Å². The van der Waals surface area contributed by atoms with Crippen LogP contribution in [-0.2, 0) is 0 Å². The predicted molar refractivity (Wildman–Crippen MR) is 61.7 cm³/mol. The molecule has 0 spiro atoms. The second-order valence-electron chi connectivity index (χ2n) is 3.92. The summed E-state index contributed by atoms with van der Waals surface area (Å²) in [7, 11) is 4.18. The minimum atomic E-state index is 0.352. The van der Waals surface area contributed by atoms with Crippen molar-refractivity contribution in [3.8, 4) is 0 Å². The summed E-state index contributed by atoms with van der Waals surface area (Å²) in [5.74, 6) is 0. The van der Waals surface area contributed by atoms with E-state index in [9.17, 15) is 0 Å². The van der Waals surface area contributed by atoms with Gasteiger partial charge in [-0.25, -0.2) is 4.98 Å². The molecule has 1 aromatic rings. The van der Waals surface area contributed by atoms with E-state index in [0.717, 1.165) is 11.6 Å². The number of hydrogen-bond acceptors (Lipinski definition) is 4. The fourth-order valence-electron chi connectivity index (χ4n) is 1.55. The molecule has 0 aromatic carbocycles. The first-order valence-electron chi connectivity index (χ1n) is 4.89. The summed E-state index contributed by atoms with van der Waals surface area (Å²) >= 11 is 1.70. The van der Waals surface area contributed by atoms with Gasteiger partial charge in [-0.15, -0.1) is 11.3 Å². The van der Waals surface area contributed by atoms with Crippen molar-refractivity contribution in [3.05, 3.63) is 16.6 Å². The van der Waals surface area contributed by atoms with Crippen molar-refractivity contribution < 1.29 is 0 Å². The lowest BCUT2D eigenvalue weighted by molar-refractivity contribution is 0.334. The van der Waals surface area contributed by atoms with Crippen LogP contribution in [0, 0.1) is 0 Å². The summed E-state index contributed by atoms with van der Waals surface area (Å²) in [6.07, 6.45) is 1.86. The zero-order chi connectivity index (χ0) is 10.6. The fourth-order valence-corrected chi connectivity index (χ4v) is 2.20. The first-order chi connectivity index (χ1) is 6.59. The molecule has 1 rings (SSSR count). The van der Waals surface area contributed by atoms with Crippen molar-refractivity contribution in [1.29, 1.82) is 0 Å². The average molecular weight is 213 g/mol. The summed E-state index contributed by atoms with van der Waals surface area (Å²) in [5, 5.41) is 6.70. The molecule has 80 valence electrons. The van der Waals surface area contributed by atoms with E-state index >= 15 is 0 Å². The molecule has 14 heavy (non-hydrogen) atoms. The third-order valence-corrected chi connectivity index (χ3v) is 2.95. The first-order valence-corrected chi connectivity index (χ1v) is 5.77. The van der Waals surface area contributed by atoms with Gasteiger partial charge < -0.3 is 10.2 Å². The second-order valence-corrected chi connectivity index (χ2v) is 4.85. The van der Waals surface area contributed by atoms with E-state index in [1.807, 2.05) is 11.6 Å². The van der Waals surface area contributed by atoms with Crippen LogP contribution in [0.3, 0.4) is 0 Å². The van der Waals surface area contributed by atoms with Crippen LogP contribution in [0.15, 0.2) is 11.6 Å². The standard InChI is InChI=1S/C10H19N3S/c1-8(7-13(3)4)12-9(2)10-11-5-6-14-10/h5-6,8-9,12H,7H2,1-4H3. The van der Waals surface area contributed by atoms with Gasteiger partial charge in [-0.2, -0.15) is 0 Å². The van der Waals surface area contributed by atoms with Crippen molar-refractivity contribution >= 4 is 11.3 Å².